The predicted octanol–water partition coefficient (Wildman–Crippen LogP) is 3.18. The Labute approximate surface area is 152 Å². The van der Waals surface area contributed by atoms with Gasteiger partial charge in [-0.25, -0.2) is 4.39 Å². The van der Waals surface area contributed by atoms with E-state index in [0.29, 0.717) is 23.2 Å². The number of benzene rings is 2. The molecule has 1 aliphatic rings. The highest BCUT2D eigenvalue weighted by molar-refractivity contribution is 6.15. The van der Waals surface area contributed by atoms with Crippen molar-refractivity contribution in [2.24, 2.45) is 5.41 Å². The van der Waals surface area contributed by atoms with E-state index in [9.17, 15) is 14.0 Å². The zero-order chi connectivity index (χ0) is 18.6. The third-order valence-corrected chi connectivity index (χ3v) is 5.01. The average Bonchev–Trinajstić information content (AvgIpc) is 2.67. The first kappa shape index (κ1) is 18.3. The van der Waals surface area contributed by atoms with Crippen molar-refractivity contribution in [3.63, 3.8) is 0 Å². The molecule has 136 valence electrons. The number of rotatable bonds is 5. The fourth-order valence-electron chi connectivity index (χ4n) is 3.23. The zero-order valence-corrected chi connectivity index (χ0v) is 14.8. The number of carbonyl (C=O) groups is 2. The SMILES string of the molecule is CC1(CNC(=O)c2ccccc2C(=O)c2ccc(F)cc2)CCNCC1. The highest BCUT2D eigenvalue weighted by atomic mass is 19.1. The lowest BCUT2D eigenvalue weighted by molar-refractivity contribution is 0.0913. The van der Waals surface area contributed by atoms with Crippen molar-refractivity contribution in [2.75, 3.05) is 19.6 Å². The van der Waals surface area contributed by atoms with Gasteiger partial charge < -0.3 is 10.6 Å². The molecule has 1 aliphatic heterocycles. The number of piperidine rings is 1. The maximum absolute atomic E-state index is 13.1. The smallest absolute Gasteiger partial charge is 0.252 e. The van der Waals surface area contributed by atoms with Gasteiger partial charge in [0.15, 0.2) is 5.78 Å². The van der Waals surface area contributed by atoms with Gasteiger partial charge in [0.2, 0.25) is 0 Å². The second-order valence-corrected chi connectivity index (χ2v) is 7.12. The fourth-order valence-corrected chi connectivity index (χ4v) is 3.23. The number of carbonyl (C=O) groups excluding carboxylic acids is 2. The van der Waals surface area contributed by atoms with Crippen molar-refractivity contribution in [3.8, 4) is 0 Å². The van der Waals surface area contributed by atoms with Gasteiger partial charge >= 0.3 is 0 Å². The second kappa shape index (κ2) is 7.79. The van der Waals surface area contributed by atoms with Gasteiger partial charge in [0.05, 0.1) is 5.56 Å². The van der Waals surface area contributed by atoms with Crippen molar-refractivity contribution in [3.05, 3.63) is 71.0 Å². The number of ketones is 1. The van der Waals surface area contributed by atoms with E-state index in [1.54, 1.807) is 24.3 Å². The molecule has 1 fully saturated rings. The van der Waals surface area contributed by atoms with E-state index in [2.05, 4.69) is 17.6 Å². The minimum Gasteiger partial charge on any atom is -0.351 e. The molecule has 0 radical (unpaired) electrons. The molecule has 3 rings (SSSR count). The molecule has 0 aliphatic carbocycles. The van der Waals surface area contributed by atoms with Crippen LogP contribution < -0.4 is 10.6 Å². The van der Waals surface area contributed by atoms with Gasteiger partial charge in [-0.2, -0.15) is 0 Å². The Morgan fingerprint density at radius 2 is 1.65 bits per heavy atom. The summed E-state index contributed by atoms with van der Waals surface area (Å²) < 4.78 is 13.1. The van der Waals surface area contributed by atoms with E-state index < -0.39 is 5.82 Å². The minimum atomic E-state index is -0.400. The molecule has 0 spiro atoms. The zero-order valence-electron chi connectivity index (χ0n) is 14.8. The standard InChI is InChI=1S/C21H23FN2O2/c1-21(10-12-23-13-11-21)14-24-20(26)18-5-3-2-4-17(18)19(25)15-6-8-16(22)9-7-15/h2-9,23H,10-14H2,1H3,(H,24,26). The Bertz CT molecular complexity index is 796. The van der Waals surface area contributed by atoms with Crippen LogP contribution >= 0.6 is 0 Å². The Morgan fingerprint density at radius 1 is 1.04 bits per heavy atom. The van der Waals surface area contributed by atoms with Crippen LogP contribution in [0.4, 0.5) is 4.39 Å². The van der Waals surface area contributed by atoms with Crippen molar-refractivity contribution < 1.29 is 14.0 Å². The van der Waals surface area contributed by atoms with Gasteiger partial charge in [-0.05, 0) is 61.7 Å². The van der Waals surface area contributed by atoms with Gasteiger partial charge in [0.25, 0.3) is 5.91 Å². The van der Waals surface area contributed by atoms with Crippen molar-refractivity contribution in [2.45, 2.75) is 19.8 Å². The number of amides is 1. The third-order valence-electron chi connectivity index (χ3n) is 5.01. The molecule has 0 saturated carbocycles. The summed E-state index contributed by atoms with van der Waals surface area (Å²) in [6.07, 6.45) is 2.01. The largest absolute Gasteiger partial charge is 0.351 e. The van der Waals surface area contributed by atoms with Gasteiger partial charge in [-0.1, -0.05) is 25.1 Å². The van der Waals surface area contributed by atoms with E-state index >= 15 is 0 Å². The fraction of sp³-hybridized carbons (Fsp3) is 0.333. The number of halogens is 1. The van der Waals surface area contributed by atoms with Gasteiger partial charge in [0.1, 0.15) is 5.82 Å². The Balaban J connectivity index is 1.76. The summed E-state index contributed by atoms with van der Waals surface area (Å²) in [5.74, 6) is -0.942. The number of nitrogens with one attached hydrogen (secondary N) is 2. The first-order chi connectivity index (χ1) is 12.5. The van der Waals surface area contributed by atoms with Crippen LogP contribution in [0.15, 0.2) is 48.5 Å². The van der Waals surface area contributed by atoms with Crippen LogP contribution in [0, 0.1) is 11.2 Å². The van der Waals surface area contributed by atoms with Crippen LogP contribution in [0.3, 0.4) is 0 Å². The third kappa shape index (κ3) is 4.17. The maximum Gasteiger partial charge on any atom is 0.252 e. The van der Waals surface area contributed by atoms with Crippen LogP contribution in [0.1, 0.15) is 46.0 Å². The molecule has 1 amide bonds. The maximum atomic E-state index is 13.1. The molecule has 4 nitrogen and oxygen atoms in total. The van der Waals surface area contributed by atoms with E-state index in [1.807, 2.05) is 0 Å². The molecule has 0 atom stereocenters. The Morgan fingerprint density at radius 3 is 2.31 bits per heavy atom. The van der Waals surface area contributed by atoms with E-state index in [1.165, 1.54) is 24.3 Å². The normalized spacial score (nSPS) is 16.1. The summed E-state index contributed by atoms with van der Waals surface area (Å²) in [5.41, 5.74) is 1.10. The summed E-state index contributed by atoms with van der Waals surface area (Å²) >= 11 is 0. The first-order valence-electron chi connectivity index (χ1n) is 8.87. The summed E-state index contributed by atoms with van der Waals surface area (Å²) in [4.78, 5) is 25.4. The van der Waals surface area contributed by atoms with Crippen LogP contribution in [-0.2, 0) is 0 Å². The second-order valence-electron chi connectivity index (χ2n) is 7.12. The molecule has 0 unspecified atom stereocenters. The lowest BCUT2D eigenvalue weighted by Gasteiger charge is -2.34. The van der Waals surface area contributed by atoms with Crippen molar-refractivity contribution in [1.82, 2.24) is 10.6 Å². The van der Waals surface area contributed by atoms with Crippen LogP contribution in [0.25, 0.3) is 0 Å². The molecule has 2 aromatic carbocycles. The highest BCUT2D eigenvalue weighted by Gasteiger charge is 2.28. The lowest BCUT2D eigenvalue weighted by Crippen LogP contribution is -2.43. The average molecular weight is 354 g/mol. The minimum absolute atomic E-state index is 0.0663. The Kier molecular flexibility index (Phi) is 5.47. The monoisotopic (exact) mass is 354 g/mol. The molecule has 0 bridgehead atoms. The topological polar surface area (TPSA) is 58.2 Å². The number of hydrogen-bond donors (Lipinski definition) is 2. The molecular weight excluding hydrogens is 331 g/mol. The van der Waals surface area contributed by atoms with Gasteiger partial charge in [-0.3, -0.25) is 9.59 Å². The van der Waals surface area contributed by atoms with Gasteiger partial charge in [-0.15, -0.1) is 0 Å². The van der Waals surface area contributed by atoms with Crippen LogP contribution in [0.2, 0.25) is 0 Å². The molecule has 1 heterocycles. The quantitative estimate of drug-likeness (QED) is 0.811. The molecule has 2 N–H and O–H groups in total. The van der Waals surface area contributed by atoms with Crippen LogP contribution in [0.5, 0.6) is 0 Å². The molecule has 0 aromatic heterocycles. The summed E-state index contributed by atoms with van der Waals surface area (Å²) in [6, 6.07) is 12.1. The van der Waals surface area contributed by atoms with E-state index in [-0.39, 0.29) is 17.1 Å². The van der Waals surface area contributed by atoms with Crippen molar-refractivity contribution >= 4 is 11.7 Å². The predicted molar refractivity (Wildman–Crippen MR) is 98.8 cm³/mol. The lowest BCUT2D eigenvalue weighted by atomic mass is 9.81. The molecule has 1 saturated heterocycles. The molecule has 5 heteroatoms. The summed E-state index contributed by atoms with van der Waals surface area (Å²) in [7, 11) is 0. The Hall–Kier alpha value is -2.53. The molecule has 2 aromatic rings. The summed E-state index contributed by atoms with van der Waals surface area (Å²) in [5, 5.41) is 6.31. The van der Waals surface area contributed by atoms with Crippen molar-refractivity contribution in [1.29, 1.82) is 0 Å². The van der Waals surface area contributed by atoms with Gasteiger partial charge in [0, 0.05) is 17.7 Å². The molecule has 26 heavy (non-hydrogen) atoms. The number of hydrogen-bond acceptors (Lipinski definition) is 3. The molecular formula is C21H23FN2O2. The summed E-state index contributed by atoms with van der Waals surface area (Å²) in [6.45, 7) is 4.65. The van der Waals surface area contributed by atoms with E-state index in [0.717, 1.165) is 25.9 Å². The first-order valence-corrected chi connectivity index (χ1v) is 8.87. The highest BCUT2D eigenvalue weighted by Crippen LogP contribution is 2.27. The van der Waals surface area contributed by atoms with Crippen LogP contribution in [-0.4, -0.2) is 31.3 Å². The van der Waals surface area contributed by atoms with E-state index in [4.69, 9.17) is 0 Å².